The van der Waals surface area contributed by atoms with Crippen LogP contribution in [0.2, 0.25) is 0 Å². The number of hydrogen-bond acceptors (Lipinski definition) is 7. The first-order valence-electron chi connectivity index (χ1n) is 9.65. The topological polar surface area (TPSA) is 86.9 Å². The Balaban J connectivity index is 1.60. The Morgan fingerprint density at radius 2 is 1.77 bits per heavy atom. The van der Waals surface area contributed by atoms with Crippen LogP contribution < -0.4 is 14.2 Å². The molecule has 0 saturated carbocycles. The van der Waals surface area contributed by atoms with Crippen molar-refractivity contribution in [2.45, 2.75) is 18.9 Å². The van der Waals surface area contributed by atoms with E-state index >= 15 is 0 Å². The van der Waals surface area contributed by atoms with E-state index in [1.54, 1.807) is 44.4 Å². The highest BCUT2D eigenvalue weighted by molar-refractivity contribution is 5.95. The summed E-state index contributed by atoms with van der Waals surface area (Å²) >= 11 is 0. The second-order valence-electron chi connectivity index (χ2n) is 6.95. The van der Waals surface area contributed by atoms with Crippen LogP contribution in [-0.2, 0) is 0 Å². The second-order valence-corrected chi connectivity index (χ2v) is 6.95. The molecule has 0 N–H and O–H groups in total. The first-order valence-corrected chi connectivity index (χ1v) is 9.65. The van der Waals surface area contributed by atoms with Gasteiger partial charge in [0.05, 0.1) is 21.3 Å². The largest absolute Gasteiger partial charge is 0.497 e. The summed E-state index contributed by atoms with van der Waals surface area (Å²) in [5.74, 6) is 2.59. The average molecular weight is 409 g/mol. The lowest BCUT2D eigenvalue weighted by Gasteiger charge is -2.22. The Kier molecular flexibility index (Phi) is 5.56. The maximum Gasteiger partial charge on any atom is 0.254 e. The SMILES string of the molecule is COc1cc(OC)cc(C(=O)N2CCCC2c2nc(-c3cccc(OC)c3)no2)c1. The molecule has 1 aliphatic rings. The van der Waals surface area contributed by atoms with Gasteiger partial charge in [-0.3, -0.25) is 4.79 Å². The van der Waals surface area contributed by atoms with E-state index in [1.165, 1.54) is 0 Å². The number of hydrogen-bond donors (Lipinski definition) is 0. The number of aromatic nitrogens is 2. The average Bonchev–Trinajstić information content (AvgIpc) is 3.47. The second kappa shape index (κ2) is 8.44. The fraction of sp³-hybridized carbons (Fsp3) is 0.318. The number of carbonyl (C=O) groups is 1. The van der Waals surface area contributed by atoms with Gasteiger partial charge in [-0.25, -0.2) is 0 Å². The minimum Gasteiger partial charge on any atom is -0.497 e. The van der Waals surface area contributed by atoms with Crippen LogP contribution in [0.25, 0.3) is 11.4 Å². The van der Waals surface area contributed by atoms with Crippen molar-refractivity contribution in [3.8, 4) is 28.6 Å². The summed E-state index contributed by atoms with van der Waals surface area (Å²) < 4.78 is 21.4. The van der Waals surface area contributed by atoms with Crippen molar-refractivity contribution < 1.29 is 23.5 Å². The molecule has 1 saturated heterocycles. The van der Waals surface area contributed by atoms with Gasteiger partial charge >= 0.3 is 0 Å². The van der Waals surface area contributed by atoms with E-state index in [0.29, 0.717) is 41.1 Å². The molecule has 2 heterocycles. The third kappa shape index (κ3) is 3.80. The molecule has 1 unspecified atom stereocenters. The molecule has 3 aromatic rings. The number of methoxy groups -OCH3 is 3. The van der Waals surface area contributed by atoms with Gasteiger partial charge in [0.1, 0.15) is 23.3 Å². The van der Waals surface area contributed by atoms with Gasteiger partial charge in [0.15, 0.2) is 0 Å². The van der Waals surface area contributed by atoms with E-state index in [4.69, 9.17) is 18.7 Å². The van der Waals surface area contributed by atoms with Crippen molar-refractivity contribution in [2.24, 2.45) is 0 Å². The maximum atomic E-state index is 13.2. The molecule has 1 amide bonds. The minimum absolute atomic E-state index is 0.129. The van der Waals surface area contributed by atoms with E-state index in [9.17, 15) is 4.79 Å². The highest BCUT2D eigenvalue weighted by atomic mass is 16.5. The number of rotatable bonds is 6. The summed E-state index contributed by atoms with van der Waals surface area (Å²) in [6, 6.07) is 12.3. The standard InChI is InChI=1S/C22H23N3O5/c1-27-16-7-4-6-14(10-16)20-23-21(30-24-20)19-8-5-9-25(19)22(26)15-11-17(28-2)13-18(12-15)29-3/h4,6-7,10-13,19H,5,8-9H2,1-3H3. The van der Waals surface area contributed by atoms with E-state index < -0.39 is 0 Å². The van der Waals surface area contributed by atoms with Gasteiger partial charge in [-0.15, -0.1) is 0 Å². The molecule has 0 spiro atoms. The fourth-order valence-corrected chi connectivity index (χ4v) is 3.61. The van der Waals surface area contributed by atoms with Gasteiger partial charge in [0, 0.05) is 23.7 Å². The fourth-order valence-electron chi connectivity index (χ4n) is 3.61. The molecule has 8 heteroatoms. The van der Waals surface area contributed by atoms with Crippen LogP contribution >= 0.6 is 0 Å². The Morgan fingerprint density at radius 3 is 2.47 bits per heavy atom. The molecule has 0 radical (unpaired) electrons. The van der Waals surface area contributed by atoms with Gasteiger partial charge in [0.25, 0.3) is 5.91 Å². The van der Waals surface area contributed by atoms with Crippen LogP contribution in [0.1, 0.15) is 35.1 Å². The Morgan fingerprint density at radius 1 is 1.03 bits per heavy atom. The Hall–Kier alpha value is -3.55. The van der Waals surface area contributed by atoms with E-state index in [1.807, 2.05) is 24.3 Å². The Labute approximate surface area is 174 Å². The van der Waals surface area contributed by atoms with Crippen LogP contribution in [-0.4, -0.2) is 48.8 Å². The van der Waals surface area contributed by atoms with Gasteiger partial charge in [-0.05, 0) is 37.1 Å². The number of benzene rings is 2. The van der Waals surface area contributed by atoms with Crippen molar-refractivity contribution in [1.82, 2.24) is 15.0 Å². The lowest BCUT2D eigenvalue weighted by molar-refractivity contribution is 0.0709. The van der Waals surface area contributed by atoms with E-state index in [-0.39, 0.29) is 11.9 Å². The molecule has 1 atom stereocenters. The predicted octanol–water partition coefficient (Wildman–Crippen LogP) is 3.74. The zero-order valence-electron chi connectivity index (χ0n) is 17.1. The molecule has 4 rings (SSSR count). The molecule has 30 heavy (non-hydrogen) atoms. The van der Waals surface area contributed by atoms with Crippen LogP contribution in [0, 0.1) is 0 Å². The molecular weight excluding hydrogens is 386 g/mol. The first-order chi connectivity index (χ1) is 14.6. The van der Waals surface area contributed by atoms with Crippen molar-refractivity contribution in [2.75, 3.05) is 27.9 Å². The lowest BCUT2D eigenvalue weighted by atomic mass is 10.1. The smallest absolute Gasteiger partial charge is 0.254 e. The van der Waals surface area contributed by atoms with Crippen molar-refractivity contribution >= 4 is 5.91 Å². The summed E-state index contributed by atoms with van der Waals surface area (Å²) in [7, 11) is 4.72. The van der Waals surface area contributed by atoms with E-state index in [0.717, 1.165) is 18.4 Å². The normalized spacial score (nSPS) is 15.8. The van der Waals surface area contributed by atoms with Crippen molar-refractivity contribution in [1.29, 1.82) is 0 Å². The third-order valence-electron chi connectivity index (χ3n) is 5.17. The van der Waals surface area contributed by atoms with Crippen LogP contribution in [0.15, 0.2) is 47.0 Å². The summed E-state index contributed by atoms with van der Waals surface area (Å²) in [5, 5.41) is 4.11. The lowest BCUT2D eigenvalue weighted by Crippen LogP contribution is -2.30. The molecule has 0 bridgehead atoms. The first kappa shape index (κ1) is 19.8. The Bertz CT molecular complexity index is 1030. The van der Waals surface area contributed by atoms with Gasteiger partial charge < -0.3 is 23.6 Å². The third-order valence-corrected chi connectivity index (χ3v) is 5.17. The monoisotopic (exact) mass is 409 g/mol. The molecular formula is C22H23N3O5. The van der Waals surface area contributed by atoms with Gasteiger partial charge in [0.2, 0.25) is 11.7 Å². The summed E-state index contributed by atoms with van der Waals surface area (Å²) in [6.45, 7) is 0.611. The molecule has 8 nitrogen and oxygen atoms in total. The zero-order chi connectivity index (χ0) is 21.1. The van der Waals surface area contributed by atoms with Crippen molar-refractivity contribution in [3.63, 3.8) is 0 Å². The van der Waals surface area contributed by atoms with Crippen LogP contribution in [0.4, 0.5) is 0 Å². The maximum absolute atomic E-state index is 13.2. The number of likely N-dealkylation sites (tertiary alicyclic amines) is 1. The number of carbonyl (C=O) groups excluding carboxylic acids is 1. The van der Waals surface area contributed by atoms with Crippen LogP contribution in [0.5, 0.6) is 17.2 Å². The molecule has 156 valence electrons. The van der Waals surface area contributed by atoms with Gasteiger partial charge in [-0.1, -0.05) is 17.3 Å². The van der Waals surface area contributed by atoms with Crippen molar-refractivity contribution in [3.05, 3.63) is 53.9 Å². The quantitative estimate of drug-likeness (QED) is 0.613. The number of amides is 1. The molecule has 0 aliphatic carbocycles. The molecule has 2 aromatic carbocycles. The minimum atomic E-state index is -0.276. The molecule has 1 aromatic heterocycles. The highest BCUT2D eigenvalue weighted by Crippen LogP contribution is 2.34. The molecule has 1 fully saturated rings. The molecule has 1 aliphatic heterocycles. The summed E-state index contributed by atoms with van der Waals surface area (Å²) in [5.41, 5.74) is 1.28. The van der Waals surface area contributed by atoms with Gasteiger partial charge in [-0.2, -0.15) is 4.98 Å². The predicted molar refractivity (Wildman–Crippen MR) is 109 cm³/mol. The van der Waals surface area contributed by atoms with Crippen LogP contribution in [0.3, 0.4) is 0 Å². The van der Waals surface area contributed by atoms with E-state index in [2.05, 4.69) is 10.1 Å². The summed E-state index contributed by atoms with van der Waals surface area (Å²) in [6.07, 6.45) is 1.61. The zero-order valence-corrected chi connectivity index (χ0v) is 17.1. The number of nitrogens with zero attached hydrogens (tertiary/aromatic N) is 3. The highest BCUT2D eigenvalue weighted by Gasteiger charge is 2.35. The number of ether oxygens (including phenoxy) is 3. The summed E-state index contributed by atoms with van der Waals surface area (Å²) in [4.78, 5) is 19.6.